The quantitative estimate of drug-likeness (QED) is 0.141. The Morgan fingerprint density at radius 2 is 1.03 bits per heavy atom. The van der Waals surface area contributed by atoms with E-state index in [1.165, 1.54) is 91.2 Å². The average Bonchev–Trinajstić information content (AvgIpc) is 3.32. The third kappa shape index (κ3) is 19.1. The number of rotatable bonds is 18. The maximum atomic E-state index is 2.45. The Labute approximate surface area is 222 Å². The number of aryl methyl sites for hydroxylation is 1. The zero-order valence-electron chi connectivity index (χ0n) is 23.7. The molecule has 0 aliphatic carbocycles. The minimum atomic E-state index is 1.16. The summed E-state index contributed by atoms with van der Waals surface area (Å²) in [6.07, 6.45) is 30.9. The highest BCUT2D eigenvalue weighted by molar-refractivity contribution is 7.07. The van der Waals surface area contributed by atoms with Gasteiger partial charge >= 0.3 is 0 Å². The van der Waals surface area contributed by atoms with Crippen LogP contribution in [-0.4, -0.2) is 0 Å². The van der Waals surface area contributed by atoms with E-state index in [9.17, 15) is 0 Å². The van der Waals surface area contributed by atoms with Crippen molar-refractivity contribution in [2.45, 2.75) is 119 Å². The van der Waals surface area contributed by atoms with Crippen molar-refractivity contribution in [3.05, 3.63) is 92.8 Å². The topological polar surface area (TPSA) is 0 Å². The van der Waals surface area contributed by atoms with Crippen LogP contribution in [0.2, 0.25) is 0 Å². The number of unbranched alkanes of at least 4 members (excludes halogenated alkanes) is 1. The van der Waals surface area contributed by atoms with Gasteiger partial charge in [0.1, 0.15) is 0 Å². The number of thiophene rings is 1. The van der Waals surface area contributed by atoms with Gasteiger partial charge in [0.2, 0.25) is 0 Å². The predicted molar refractivity (Wildman–Crippen MR) is 162 cm³/mol. The highest BCUT2D eigenvalue weighted by Gasteiger charge is 1.95. The van der Waals surface area contributed by atoms with Gasteiger partial charge in [0.15, 0.2) is 0 Å². The molecule has 1 aromatic heterocycles. The Hall–Kier alpha value is -1.86. The van der Waals surface area contributed by atoms with Crippen molar-refractivity contribution in [2.24, 2.45) is 0 Å². The molecule has 1 heterocycles. The average molecular weight is 493 g/mol. The van der Waals surface area contributed by atoms with Crippen LogP contribution in [0.25, 0.3) is 0 Å². The van der Waals surface area contributed by atoms with Crippen LogP contribution in [0, 0.1) is 0 Å². The lowest BCUT2D eigenvalue weighted by molar-refractivity contribution is 0.888. The van der Waals surface area contributed by atoms with Gasteiger partial charge < -0.3 is 0 Å². The standard InChI is InChI=1S/C34H52S/c1-29(2)16-12-18-31(4)20-14-22-33(6)24-15-23-32(5)21-13-19-30(3)17-10-8-7-9-11-25-34-26-27-35-28-34/h7,9,16-17,20-21,24,26-28H,8,10-15,18-19,22-23,25H2,1-6H3/b9-7+,30-17+,31-20+,32-21+,33-24+. The molecule has 194 valence electrons. The highest BCUT2D eigenvalue weighted by Crippen LogP contribution is 2.15. The molecule has 0 nitrogen and oxygen atoms in total. The van der Waals surface area contributed by atoms with Gasteiger partial charge in [-0.3, -0.25) is 0 Å². The summed E-state index contributed by atoms with van der Waals surface area (Å²) >= 11 is 1.79. The molecule has 0 unspecified atom stereocenters. The molecule has 1 aromatic rings. The minimum absolute atomic E-state index is 1.16. The summed E-state index contributed by atoms with van der Waals surface area (Å²) in [5, 5.41) is 4.42. The molecule has 0 aliphatic heterocycles. The number of hydrogen-bond donors (Lipinski definition) is 0. The smallest absolute Gasteiger partial charge is 0.00611 e. The Kier molecular flexibility index (Phi) is 18.1. The summed E-state index contributed by atoms with van der Waals surface area (Å²) in [4.78, 5) is 0. The molecule has 0 saturated carbocycles. The van der Waals surface area contributed by atoms with Crippen molar-refractivity contribution in [1.82, 2.24) is 0 Å². The van der Waals surface area contributed by atoms with Crippen LogP contribution in [0.4, 0.5) is 0 Å². The first-order chi connectivity index (χ1) is 16.9. The van der Waals surface area contributed by atoms with Crippen LogP contribution < -0.4 is 0 Å². The van der Waals surface area contributed by atoms with E-state index < -0.39 is 0 Å². The molecule has 0 aliphatic rings. The van der Waals surface area contributed by atoms with Crippen molar-refractivity contribution >= 4 is 11.3 Å². The van der Waals surface area contributed by atoms with Gasteiger partial charge in [-0.25, -0.2) is 0 Å². The first kappa shape index (κ1) is 31.2. The molecule has 0 amide bonds. The van der Waals surface area contributed by atoms with Crippen molar-refractivity contribution in [3.8, 4) is 0 Å². The first-order valence-electron chi connectivity index (χ1n) is 13.8. The maximum absolute atomic E-state index is 2.45. The van der Waals surface area contributed by atoms with Crippen LogP contribution in [0.15, 0.2) is 87.2 Å². The molecule has 0 aromatic carbocycles. The molecule has 0 bridgehead atoms. The lowest BCUT2D eigenvalue weighted by atomic mass is 10.0. The molecular formula is C34H52S. The van der Waals surface area contributed by atoms with Crippen molar-refractivity contribution in [2.75, 3.05) is 0 Å². The summed E-state index contributed by atoms with van der Waals surface area (Å²) in [7, 11) is 0. The van der Waals surface area contributed by atoms with E-state index in [1.807, 2.05) is 0 Å². The zero-order chi connectivity index (χ0) is 25.7. The van der Waals surface area contributed by atoms with Gasteiger partial charge in [0.25, 0.3) is 0 Å². The Morgan fingerprint density at radius 1 is 0.571 bits per heavy atom. The van der Waals surface area contributed by atoms with Gasteiger partial charge in [0.05, 0.1) is 0 Å². The van der Waals surface area contributed by atoms with Crippen molar-refractivity contribution in [3.63, 3.8) is 0 Å². The van der Waals surface area contributed by atoms with E-state index in [0.29, 0.717) is 0 Å². The zero-order valence-corrected chi connectivity index (χ0v) is 24.5. The predicted octanol–water partition coefficient (Wildman–Crippen LogP) is 11.9. The van der Waals surface area contributed by atoms with Crippen molar-refractivity contribution < 1.29 is 0 Å². The fourth-order valence-electron chi connectivity index (χ4n) is 3.98. The largest absolute Gasteiger partial charge is 0.152 e. The van der Waals surface area contributed by atoms with Crippen LogP contribution >= 0.6 is 11.3 Å². The van der Waals surface area contributed by atoms with Gasteiger partial charge in [-0.15, -0.1) is 0 Å². The summed E-state index contributed by atoms with van der Waals surface area (Å²) in [5.41, 5.74) is 9.01. The van der Waals surface area contributed by atoms with E-state index >= 15 is 0 Å². The third-order valence-electron chi connectivity index (χ3n) is 6.36. The van der Waals surface area contributed by atoms with Crippen LogP contribution in [0.1, 0.15) is 118 Å². The Morgan fingerprint density at radius 3 is 1.49 bits per heavy atom. The molecular weight excluding hydrogens is 440 g/mol. The van der Waals surface area contributed by atoms with Crippen LogP contribution in [0.3, 0.4) is 0 Å². The van der Waals surface area contributed by atoms with Crippen LogP contribution in [0.5, 0.6) is 0 Å². The van der Waals surface area contributed by atoms with Crippen molar-refractivity contribution in [1.29, 1.82) is 0 Å². The van der Waals surface area contributed by atoms with Gasteiger partial charge in [-0.2, -0.15) is 11.3 Å². The monoisotopic (exact) mass is 492 g/mol. The van der Waals surface area contributed by atoms with E-state index in [0.717, 1.165) is 19.3 Å². The van der Waals surface area contributed by atoms with E-state index in [2.05, 4.69) is 101 Å². The molecule has 1 rings (SSSR count). The van der Waals surface area contributed by atoms with Crippen LogP contribution in [-0.2, 0) is 6.42 Å². The number of hydrogen-bond acceptors (Lipinski definition) is 1. The molecule has 0 atom stereocenters. The maximum Gasteiger partial charge on any atom is -0.00611 e. The second-order valence-electron chi connectivity index (χ2n) is 10.4. The molecule has 0 spiro atoms. The molecule has 0 fully saturated rings. The normalized spacial score (nSPS) is 13.7. The summed E-state index contributed by atoms with van der Waals surface area (Å²) in [6, 6.07) is 2.23. The Balaban J connectivity index is 2.13. The van der Waals surface area contributed by atoms with E-state index in [-0.39, 0.29) is 0 Å². The van der Waals surface area contributed by atoms with Gasteiger partial charge in [0, 0.05) is 0 Å². The fraction of sp³-hybridized carbons (Fsp3) is 0.529. The van der Waals surface area contributed by atoms with E-state index in [4.69, 9.17) is 0 Å². The first-order valence-corrected chi connectivity index (χ1v) is 14.7. The summed E-state index contributed by atoms with van der Waals surface area (Å²) in [5.74, 6) is 0. The molecule has 35 heavy (non-hydrogen) atoms. The molecule has 0 saturated heterocycles. The Bertz CT molecular complexity index is 848. The SMILES string of the molecule is CC(C)=CCC/C(C)=C/CC/C(C)=C/CC/C(C)=C/CC/C(C)=C/CC/C=C/CCc1ccsc1. The minimum Gasteiger partial charge on any atom is -0.152 e. The molecule has 0 radical (unpaired) electrons. The fourth-order valence-corrected chi connectivity index (χ4v) is 4.69. The van der Waals surface area contributed by atoms with E-state index in [1.54, 1.807) is 11.3 Å². The molecule has 0 N–H and O–H groups in total. The second kappa shape index (κ2) is 20.3. The number of allylic oxidation sites excluding steroid dienone is 12. The van der Waals surface area contributed by atoms with Gasteiger partial charge in [-0.1, -0.05) is 70.4 Å². The third-order valence-corrected chi connectivity index (χ3v) is 7.09. The highest BCUT2D eigenvalue weighted by atomic mass is 32.1. The summed E-state index contributed by atoms with van der Waals surface area (Å²) in [6.45, 7) is 13.5. The summed E-state index contributed by atoms with van der Waals surface area (Å²) < 4.78 is 0. The lowest BCUT2D eigenvalue weighted by Gasteiger charge is -2.03. The van der Waals surface area contributed by atoms with Gasteiger partial charge in [-0.05, 0) is 141 Å². The second-order valence-corrected chi connectivity index (χ2v) is 11.1. The molecule has 1 heteroatoms. The lowest BCUT2D eigenvalue weighted by Crippen LogP contribution is -1.83.